The number of rotatable bonds is 4. The summed E-state index contributed by atoms with van der Waals surface area (Å²) in [5.41, 5.74) is 8.33. The largest absolute Gasteiger partial charge is 0.508 e. The quantitative estimate of drug-likeness (QED) is 0.863. The number of nitrogens with two attached hydrogens (primary N) is 1. The Balaban J connectivity index is 2.29. The van der Waals surface area contributed by atoms with Gasteiger partial charge in [0, 0.05) is 5.54 Å². The van der Waals surface area contributed by atoms with E-state index in [2.05, 4.69) is 19.1 Å². The first kappa shape index (κ1) is 12.7. The summed E-state index contributed by atoms with van der Waals surface area (Å²) >= 11 is 0. The van der Waals surface area contributed by atoms with Gasteiger partial charge in [0.15, 0.2) is 0 Å². The van der Waals surface area contributed by atoms with Crippen LogP contribution in [0.1, 0.15) is 24.5 Å². The minimum absolute atomic E-state index is 0.291. The third-order valence-electron chi connectivity index (χ3n) is 3.41. The third-order valence-corrected chi connectivity index (χ3v) is 3.41. The monoisotopic (exact) mass is 241 g/mol. The zero-order valence-electron chi connectivity index (χ0n) is 10.6. The summed E-state index contributed by atoms with van der Waals surface area (Å²) < 4.78 is 0. The molecule has 0 aliphatic rings. The van der Waals surface area contributed by atoms with Crippen molar-refractivity contribution in [3.8, 4) is 5.75 Å². The number of hydrogen-bond acceptors (Lipinski definition) is 2. The van der Waals surface area contributed by atoms with Gasteiger partial charge in [-0.3, -0.25) is 0 Å². The van der Waals surface area contributed by atoms with Gasteiger partial charge >= 0.3 is 0 Å². The van der Waals surface area contributed by atoms with Gasteiger partial charge in [0.05, 0.1) is 0 Å². The van der Waals surface area contributed by atoms with E-state index in [1.54, 1.807) is 12.1 Å². The van der Waals surface area contributed by atoms with Crippen LogP contribution in [-0.4, -0.2) is 5.11 Å². The molecule has 2 rings (SSSR count). The molecule has 1 atom stereocenters. The van der Waals surface area contributed by atoms with Crippen molar-refractivity contribution in [2.24, 2.45) is 5.73 Å². The second kappa shape index (κ2) is 5.23. The van der Waals surface area contributed by atoms with Gasteiger partial charge in [-0.05, 0) is 36.1 Å². The molecular weight excluding hydrogens is 222 g/mol. The fourth-order valence-electron chi connectivity index (χ4n) is 2.23. The number of benzene rings is 2. The minimum atomic E-state index is -0.380. The molecular formula is C16H19NO. The van der Waals surface area contributed by atoms with Crippen LogP contribution in [0.4, 0.5) is 0 Å². The lowest BCUT2D eigenvalue weighted by atomic mass is 9.82. The minimum Gasteiger partial charge on any atom is -0.508 e. The molecule has 18 heavy (non-hydrogen) atoms. The number of phenolic OH excluding ortho intramolecular Hbond substituents is 1. The molecule has 1 unspecified atom stereocenters. The van der Waals surface area contributed by atoms with E-state index < -0.39 is 0 Å². The Morgan fingerprint density at radius 2 is 1.78 bits per heavy atom. The van der Waals surface area contributed by atoms with E-state index in [0.29, 0.717) is 5.75 Å². The summed E-state index contributed by atoms with van der Waals surface area (Å²) in [5.74, 6) is 0.291. The van der Waals surface area contributed by atoms with E-state index >= 15 is 0 Å². The van der Waals surface area contributed by atoms with E-state index in [9.17, 15) is 5.11 Å². The fraction of sp³-hybridized carbons (Fsp3) is 0.250. The lowest BCUT2D eigenvalue weighted by Gasteiger charge is -2.29. The van der Waals surface area contributed by atoms with E-state index in [4.69, 9.17) is 5.73 Å². The zero-order chi connectivity index (χ0) is 13.0. The van der Waals surface area contributed by atoms with Crippen molar-refractivity contribution in [2.45, 2.75) is 25.3 Å². The molecule has 0 saturated heterocycles. The van der Waals surface area contributed by atoms with Gasteiger partial charge in [0.25, 0.3) is 0 Å². The maximum Gasteiger partial charge on any atom is 0.115 e. The molecule has 0 aliphatic carbocycles. The average Bonchev–Trinajstić information content (AvgIpc) is 2.39. The van der Waals surface area contributed by atoms with Gasteiger partial charge in [-0.1, -0.05) is 49.4 Å². The van der Waals surface area contributed by atoms with Crippen LogP contribution in [0.2, 0.25) is 0 Å². The van der Waals surface area contributed by atoms with Crippen LogP contribution in [-0.2, 0) is 12.0 Å². The molecule has 0 spiro atoms. The van der Waals surface area contributed by atoms with Crippen molar-refractivity contribution in [1.29, 1.82) is 0 Å². The Kier molecular flexibility index (Phi) is 3.68. The maximum absolute atomic E-state index is 9.51. The molecule has 0 saturated carbocycles. The molecule has 2 aromatic rings. The van der Waals surface area contributed by atoms with E-state index in [1.165, 1.54) is 0 Å². The highest BCUT2D eigenvalue weighted by Crippen LogP contribution is 2.27. The van der Waals surface area contributed by atoms with Crippen molar-refractivity contribution in [1.82, 2.24) is 0 Å². The molecule has 0 heterocycles. The topological polar surface area (TPSA) is 46.2 Å². The predicted molar refractivity (Wildman–Crippen MR) is 74.4 cm³/mol. The molecule has 2 aromatic carbocycles. The molecule has 0 aliphatic heterocycles. The van der Waals surface area contributed by atoms with Crippen LogP contribution in [0.15, 0.2) is 54.6 Å². The molecule has 3 N–H and O–H groups in total. The third kappa shape index (κ3) is 2.71. The van der Waals surface area contributed by atoms with E-state index in [0.717, 1.165) is 24.0 Å². The standard InChI is InChI=1S/C16H19NO/c1-2-16(17,14-8-4-3-5-9-14)12-13-7-6-10-15(18)11-13/h3-11,18H,2,12,17H2,1H3. The highest BCUT2D eigenvalue weighted by molar-refractivity contribution is 5.32. The molecule has 0 amide bonds. The van der Waals surface area contributed by atoms with Gasteiger partial charge in [-0.15, -0.1) is 0 Å². The number of hydrogen-bond donors (Lipinski definition) is 2. The second-order valence-corrected chi connectivity index (χ2v) is 4.72. The van der Waals surface area contributed by atoms with Gasteiger partial charge in [-0.2, -0.15) is 0 Å². The summed E-state index contributed by atoms with van der Waals surface area (Å²) in [4.78, 5) is 0. The van der Waals surface area contributed by atoms with Crippen LogP contribution in [0.5, 0.6) is 5.75 Å². The Morgan fingerprint density at radius 3 is 2.39 bits per heavy atom. The van der Waals surface area contributed by atoms with Crippen molar-refractivity contribution in [2.75, 3.05) is 0 Å². The zero-order valence-corrected chi connectivity index (χ0v) is 10.6. The van der Waals surface area contributed by atoms with Gasteiger partial charge in [0.2, 0.25) is 0 Å². The van der Waals surface area contributed by atoms with Gasteiger partial charge < -0.3 is 10.8 Å². The predicted octanol–water partition coefficient (Wildman–Crippen LogP) is 3.20. The van der Waals surface area contributed by atoms with Gasteiger partial charge in [0.1, 0.15) is 5.75 Å². The Hall–Kier alpha value is -1.80. The SMILES string of the molecule is CCC(N)(Cc1cccc(O)c1)c1ccccc1. The average molecular weight is 241 g/mol. The van der Waals surface area contributed by atoms with Crippen LogP contribution < -0.4 is 5.73 Å². The first-order valence-corrected chi connectivity index (χ1v) is 6.26. The molecule has 0 aromatic heterocycles. The van der Waals surface area contributed by atoms with Crippen molar-refractivity contribution >= 4 is 0 Å². The van der Waals surface area contributed by atoms with Crippen LogP contribution in [0.3, 0.4) is 0 Å². The van der Waals surface area contributed by atoms with Crippen molar-refractivity contribution < 1.29 is 5.11 Å². The smallest absolute Gasteiger partial charge is 0.115 e. The molecule has 2 nitrogen and oxygen atoms in total. The van der Waals surface area contributed by atoms with Crippen molar-refractivity contribution in [3.05, 3.63) is 65.7 Å². The second-order valence-electron chi connectivity index (χ2n) is 4.72. The molecule has 94 valence electrons. The molecule has 0 fully saturated rings. The summed E-state index contributed by atoms with van der Waals surface area (Å²) in [5, 5.41) is 9.51. The Labute approximate surface area is 108 Å². The molecule has 2 heteroatoms. The molecule has 0 bridgehead atoms. The summed E-state index contributed by atoms with van der Waals surface area (Å²) in [6, 6.07) is 17.4. The number of phenols is 1. The molecule has 0 radical (unpaired) electrons. The van der Waals surface area contributed by atoms with E-state index in [1.807, 2.05) is 30.3 Å². The first-order chi connectivity index (χ1) is 8.64. The van der Waals surface area contributed by atoms with Crippen LogP contribution in [0.25, 0.3) is 0 Å². The van der Waals surface area contributed by atoms with Crippen LogP contribution >= 0.6 is 0 Å². The van der Waals surface area contributed by atoms with Gasteiger partial charge in [-0.25, -0.2) is 0 Å². The van der Waals surface area contributed by atoms with E-state index in [-0.39, 0.29) is 5.54 Å². The lowest BCUT2D eigenvalue weighted by molar-refractivity contribution is 0.422. The summed E-state index contributed by atoms with van der Waals surface area (Å²) in [6.07, 6.45) is 1.58. The number of aromatic hydroxyl groups is 1. The van der Waals surface area contributed by atoms with Crippen LogP contribution in [0, 0.1) is 0 Å². The normalized spacial score (nSPS) is 14.1. The maximum atomic E-state index is 9.51. The fourth-order valence-corrected chi connectivity index (χ4v) is 2.23. The summed E-state index contributed by atoms with van der Waals surface area (Å²) in [7, 11) is 0. The summed E-state index contributed by atoms with van der Waals surface area (Å²) in [6.45, 7) is 2.09. The highest BCUT2D eigenvalue weighted by atomic mass is 16.3. The first-order valence-electron chi connectivity index (χ1n) is 6.26. The van der Waals surface area contributed by atoms with Crippen molar-refractivity contribution in [3.63, 3.8) is 0 Å². The lowest BCUT2D eigenvalue weighted by Crippen LogP contribution is -2.38. The Morgan fingerprint density at radius 1 is 1.06 bits per heavy atom. The highest BCUT2D eigenvalue weighted by Gasteiger charge is 2.25. The Bertz CT molecular complexity index is 510.